The highest BCUT2D eigenvalue weighted by Gasteiger charge is 2.32. The first-order valence-corrected chi connectivity index (χ1v) is 13.0. The summed E-state index contributed by atoms with van der Waals surface area (Å²) in [5.41, 5.74) is 3.24. The van der Waals surface area contributed by atoms with Crippen LogP contribution in [0.1, 0.15) is 38.1 Å². The van der Waals surface area contributed by atoms with Crippen molar-refractivity contribution in [3.8, 4) is 11.3 Å². The molecule has 0 bridgehead atoms. The first-order chi connectivity index (χ1) is 15.6. The Kier molecular flexibility index (Phi) is 7.26. The molecule has 1 unspecified atom stereocenters. The number of nitrogens with one attached hydrogen (secondary N) is 1. The van der Waals surface area contributed by atoms with Crippen molar-refractivity contribution < 1.29 is 13.5 Å². The molecule has 0 spiro atoms. The zero-order valence-corrected chi connectivity index (χ0v) is 22.2. The number of nitrogens with zero attached hydrogens (tertiary/aromatic N) is 2. The highest BCUT2D eigenvalue weighted by atomic mass is 79.9. The van der Waals surface area contributed by atoms with E-state index in [1.165, 1.54) is 6.07 Å². The van der Waals surface area contributed by atoms with Crippen LogP contribution < -0.4 is 4.72 Å². The van der Waals surface area contributed by atoms with E-state index in [9.17, 15) is 8.94 Å². The second-order valence-electron chi connectivity index (χ2n) is 8.58. The zero-order chi connectivity index (χ0) is 23.8. The molecule has 2 aromatic heterocycles. The maximum Gasteiger partial charge on any atom is 0.168 e. The van der Waals surface area contributed by atoms with Gasteiger partial charge >= 0.3 is 0 Å². The molecular weight excluding hydrogens is 573 g/mol. The summed E-state index contributed by atoms with van der Waals surface area (Å²) in [6.07, 6.45) is 0.200. The van der Waals surface area contributed by atoms with Crippen LogP contribution in [0.3, 0.4) is 0 Å². The molecule has 2 atom stereocenters. The smallest absolute Gasteiger partial charge is 0.168 e. The molecule has 4 rings (SSSR count). The van der Waals surface area contributed by atoms with Crippen LogP contribution in [0.4, 0.5) is 4.39 Å². The van der Waals surface area contributed by atoms with Gasteiger partial charge in [-0.25, -0.2) is 9.37 Å². The number of benzene rings is 2. The summed E-state index contributed by atoms with van der Waals surface area (Å²) in [7, 11) is 0. The Morgan fingerprint density at radius 1 is 1.12 bits per heavy atom. The van der Waals surface area contributed by atoms with Gasteiger partial charge < -0.3 is 9.08 Å². The number of aromatic nitrogens is 2. The van der Waals surface area contributed by atoms with Gasteiger partial charge in [0.25, 0.3) is 0 Å². The fourth-order valence-electron chi connectivity index (χ4n) is 3.44. The molecule has 1 N–H and O–H groups in total. The molecule has 0 radical (unpaired) electrons. The fourth-order valence-corrected chi connectivity index (χ4v) is 4.95. The van der Waals surface area contributed by atoms with Crippen LogP contribution in [-0.2, 0) is 17.8 Å². The monoisotopic (exact) mass is 593 g/mol. The third-order valence-electron chi connectivity index (χ3n) is 5.11. The predicted molar refractivity (Wildman–Crippen MR) is 137 cm³/mol. The van der Waals surface area contributed by atoms with Crippen LogP contribution >= 0.6 is 31.9 Å². The Balaban J connectivity index is 1.82. The molecule has 0 saturated heterocycles. The van der Waals surface area contributed by atoms with E-state index >= 15 is 0 Å². The van der Waals surface area contributed by atoms with Crippen LogP contribution in [-0.4, -0.2) is 19.4 Å². The lowest BCUT2D eigenvalue weighted by atomic mass is 9.94. The number of hydrogen-bond acceptors (Lipinski definition) is 5. The minimum absolute atomic E-state index is 0.200. The van der Waals surface area contributed by atoms with Crippen molar-refractivity contribution in [2.24, 2.45) is 0 Å². The maximum absolute atomic E-state index is 14.6. The Labute approximate surface area is 211 Å². The summed E-state index contributed by atoms with van der Waals surface area (Å²) in [5, 5.41) is 5.17. The van der Waals surface area contributed by atoms with Gasteiger partial charge in [-0.05, 0) is 72.6 Å². The van der Waals surface area contributed by atoms with Gasteiger partial charge in [-0.2, -0.15) is 0 Å². The Bertz CT molecular complexity index is 1290. The number of fused-ring (bicyclic) bond motifs is 1. The molecule has 0 aliphatic rings. The van der Waals surface area contributed by atoms with Crippen LogP contribution in [0.25, 0.3) is 22.2 Å². The molecule has 2 heterocycles. The van der Waals surface area contributed by atoms with E-state index < -0.39 is 28.0 Å². The Hall–Kier alpha value is -1.78. The summed E-state index contributed by atoms with van der Waals surface area (Å²) < 4.78 is 37.4. The lowest BCUT2D eigenvalue weighted by molar-refractivity contribution is 0.459. The number of pyridine rings is 1. The second kappa shape index (κ2) is 9.84. The average Bonchev–Trinajstić information content (AvgIpc) is 3.18. The standard InChI is InChI=1S/C24H22Br2FN3O2S/c1-24(2,3)33(31)30-19(13-20-18(27)10-11-22(26)28-20)15-6-4-5-7-16(15)23-17-9-8-14(25)12-21(17)32-29-23/h4-12,19,30H,13H2,1-3H3/t19-,33?/m0/s1. The van der Waals surface area contributed by atoms with Crippen molar-refractivity contribution in [3.63, 3.8) is 0 Å². The van der Waals surface area contributed by atoms with Crippen LogP contribution in [0.2, 0.25) is 0 Å². The van der Waals surface area contributed by atoms with Gasteiger partial charge in [0, 0.05) is 33.2 Å². The Morgan fingerprint density at radius 2 is 1.88 bits per heavy atom. The maximum atomic E-state index is 14.6. The summed E-state index contributed by atoms with van der Waals surface area (Å²) in [6.45, 7) is 5.67. The van der Waals surface area contributed by atoms with Gasteiger partial charge in [0.15, 0.2) is 5.58 Å². The van der Waals surface area contributed by atoms with Gasteiger partial charge in [-0.1, -0.05) is 45.4 Å². The van der Waals surface area contributed by atoms with Gasteiger partial charge in [0.05, 0.1) is 11.7 Å². The molecule has 0 saturated carbocycles. The summed E-state index contributed by atoms with van der Waals surface area (Å²) in [6, 6.07) is 15.9. The molecule has 5 nitrogen and oxygen atoms in total. The number of halogens is 3. The lowest BCUT2D eigenvalue weighted by Crippen LogP contribution is -2.42. The normalized spacial score (nSPS) is 13.9. The molecule has 33 heavy (non-hydrogen) atoms. The SMILES string of the molecule is CC(C)(C)[S+]([O-])N[C@@H](Cc1nc(Br)ccc1F)c1ccccc1-c1noc2cc(Br)ccc12. The van der Waals surface area contributed by atoms with E-state index in [-0.39, 0.29) is 12.1 Å². The minimum Gasteiger partial charge on any atom is -0.598 e. The topological polar surface area (TPSA) is 74.0 Å². The molecule has 0 amide bonds. The van der Waals surface area contributed by atoms with E-state index in [2.05, 4.69) is 46.7 Å². The van der Waals surface area contributed by atoms with Crippen LogP contribution in [0.5, 0.6) is 0 Å². The van der Waals surface area contributed by atoms with Crippen molar-refractivity contribution >= 4 is 54.2 Å². The third-order valence-corrected chi connectivity index (χ3v) is 7.66. The quantitative estimate of drug-likeness (QED) is 0.194. The molecule has 4 aromatic rings. The third kappa shape index (κ3) is 5.49. The average molecular weight is 595 g/mol. The first-order valence-electron chi connectivity index (χ1n) is 10.3. The van der Waals surface area contributed by atoms with Gasteiger partial charge in [-0.3, -0.25) is 0 Å². The van der Waals surface area contributed by atoms with Crippen molar-refractivity contribution in [3.05, 3.63) is 80.7 Å². The fraction of sp³-hybridized carbons (Fsp3) is 0.250. The molecule has 9 heteroatoms. The summed E-state index contributed by atoms with van der Waals surface area (Å²) >= 11 is 5.37. The Morgan fingerprint density at radius 3 is 2.64 bits per heavy atom. The molecule has 2 aromatic carbocycles. The lowest BCUT2D eigenvalue weighted by Gasteiger charge is -2.29. The summed E-state index contributed by atoms with van der Waals surface area (Å²) in [4.78, 5) is 4.32. The number of rotatable bonds is 6. The first kappa shape index (κ1) is 24.3. The van der Waals surface area contributed by atoms with Crippen molar-refractivity contribution in [2.45, 2.75) is 38.0 Å². The molecule has 0 aliphatic heterocycles. The minimum atomic E-state index is -1.40. The van der Waals surface area contributed by atoms with Crippen LogP contribution in [0.15, 0.2) is 68.2 Å². The molecule has 172 valence electrons. The molecule has 0 fully saturated rings. The second-order valence-corrected chi connectivity index (χ2v) is 12.3. The van der Waals surface area contributed by atoms with Crippen LogP contribution in [0, 0.1) is 5.82 Å². The van der Waals surface area contributed by atoms with E-state index in [4.69, 9.17) is 4.52 Å². The molecule has 0 aliphatic carbocycles. The van der Waals surface area contributed by atoms with Gasteiger partial charge in [0.1, 0.15) is 20.9 Å². The highest BCUT2D eigenvalue weighted by molar-refractivity contribution is 9.10. The van der Waals surface area contributed by atoms with E-state index in [1.54, 1.807) is 6.07 Å². The van der Waals surface area contributed by atoms with Crippen molar-refractivity contribution in [2.75, 3.05) is 0 Å². The van der Waals surface area contributed by atoms with E-state index in [0.717, 1.165) is 21.0 Å². The van der Waals surface area contributed by atoms with Gasteiger partial charge in [-0.15, -0.1) is 4.72 Å². The summed E-state index contributed by atoms with van der Waals surface area (Å²) in [5.74, 6) is -0.416. The molecular formula is C24H22Br2FN3O2S. The predicted octanol–water partition coefficient (Wildman–Crippen LogP) is 6.89. The highest BCUT2D eigenvalue weighted by Crippen LogP contribution is 2.36. The van der Waals surface area contributed by atoms with Crippen molar-refractivity contribution in [1.82, 2.24) is 14.9 Å². The van der Waals surface area contributed by atoms with Gasteiger partial charge in [0.2, 0.25) is 0 Å². The van der Waals surface area contributed by atoms with Crippen molar-refractivity contribution in [1.29, 1.82) is 0 Å². The van der Waals surface area contributed by atoms with E-state index in [0.29, 0.717) is 15.9 Å². The largest absolute Gasteiger partial charge is 0.598 e. The van der Waals surface area contributed by atoms with E-state index in [1.807, 2.05) is 63.2 Å². The number of hydrogen-bond donors (Lipinski definition) is 1. The zero-order valence-electron chi connectivity index (χ0n) is 18.2.